The number of aromatic nitrogens is 4. The molecule has 0 N–H and O–H groups in total. The predicted octanol–water partition coefficient (Wildman–Crippen LogP) is 3.05. The number of hydrogen-bond donors (Lipinski definition) is 0. The molecular formula is C14H22N4. The summed E-state index contributed by atoms with van der Waals surface area (Å²) in [6.07, 6.45) is 9.23. The second-order valence-electron chi connectivity index (χ2n) is 4.77. The summed E-state index contributed by atoms with van der Waals surface area (Å²) in [5.41, 5.74) is 1.10. The molecule has 0 aromatic carbocycles. The van der Waals surface area contributed by atoms with E-state index in [1.807, 2.05) is 17.1 Å². The first-order valence-electron chi connectivity index (χ1n) is 6.78. The second-order valence-corrected chi connectivity index (χ2v) is 4.77. The molecule has 0 bridgehead atoms. The highest BCUT2D eigenvalue weighted by Crippen LogP contribution is 2.11. The van der Waals surface area contributed by atoms with Gasteiger partial charge in [-0.15, -0.1) is 0 Å². The third-order valence-corrected chi connectivity index (χ3v) is 3.31. The number of nitrogens with zero attached hydrogens (tertiary/aromatic N) is 4. The molecule has 1 unspecified atom stereocenters. The lowest BCUT2D eigenvalue weighted by Gasteiger charge is -2.08. The zero-order chi connectivity index (χ0) is 13.0. The summed E-state index contributed by atoms with van der Waals surface area (Å²) in [5.74, 6) is 1.15. The first kappa shape index (κ1) is 12.9. The van der Waals surface area contributed by atoms with Crippen LogP contribution >= 0.6 is 0 Å². The summed E-state index contributed by atoms with van der Waals surface area (Å²) < 4.78 is 4.23. The molecule has 4 heteroatoms. The van der Waals surface area contributed by atoms with Gasteiger partial charge in [0.15, 0.2) is 0 Å². The Bertz CT molecular complexity index is 483. The number of hydrogen-bond acceptors (Lipinski definition) is 2. The Labute approximate surface area is 109 Å². The minimum atomic E-state index is 0.469. The van der Waals surface area contributed by atoms with Crippen LogP contribution < -0.4 is 0 Å². The lowest BCUT2D eigenvalue weighted by Crippen LogP contribution is -2.08. The van der Waals surface area contributed by atoms with E-state index < -0.39 is 0 Å². The molecule has 0 aliphatic carbocycles. The van der Waals surface area contributed by atoms with Crippen molar-refractivity contribution >= 4 is 0 Å². The number of rotatable bonds is 6. The SMILES string of the molecule is CCCc1nccn1Cc1ccn(C(C)CC)n1. The van der Waals surface area contributed by atoms with Crippen LogP contribution in [0, 0.1) is 0 Å². The minimum Gasteiger partial charge on any atom is -0.329 e. The van der Waals surface area contributed by atoms with E-state index >= 15 is 0 Å². The van der Waals surface area contributed by atoms with Gasteiger partial charge in [0.2, 0.25) is 0 Å². The third kappa shape index (κ3) is 2.81. The molecule has 0 spiro atoms. The zero-order valence-corrected chi connectivity index (χ0v) is 11.5. The topological polar surface area (TPSA) is 35.6 Å². The van der Waals surface area contributed by atoms with Gasteiger partial charge >= 0.3 is 0 Å². The Morgan fingerprint density at radius 2 is 2.11 bits per heavy atom. The highest BCUT2D eigenvalue weighted by atomic mass is 15.3. The molecule has 18 heavy (non-hydrogen) atoms. The van der Waals surface area contributed by atoms with E-state index in [1.165, 1.54) is 0 Å². The van der Waals surface area contributed by atoms with Crippen LogP contribution in [0.5, 0.6) is 0 Å². The molecule has 0 amide bonds. The van der Waals surface area contributed by atoms with Crippen molar-refractivity contribution in [3.8, 4) is 0 Å². The van der Waals surface area contributed by atoms with Gasteiger partial charge in [0, 0.05) is 31.1 Å². The lowest BCUT2D eigenvalue weighted by atomic mass is 10.3. The monoisotopic (exact) mass is 246 g/mol. The molecule has 0 saturated carbocycles. The Kier molecular flexibility index (Phi) is 4.18. The highest BCUT2D eigenvalue weighted by molar-refractivity contribution is 5.04. The molecule has 2 aromatic rings. The van der Waals surface area contributed by atoms with E-state index in [0.29, 0.717) is 6.04 Å². The van der Waals surface area contributed by atoms with Crippen LogP contribution in [0.25, 0.3) is 0 Å². The molecule has 2 aromatic heterocycles. The molecule has 0 aliphatic heterocycles. The van der Waals surface area contributed by atoms with Crippen molar-refractivity contribution in [2.24, 2.45) is 0 Å². The van der Waals surface area contributed by atoms with E-state index in [9.17, 15) is 0 Å². The van der Waals surface area contributed by atoms with Crippen LogP contribution in [0.15, 0.2) is 24.7 Å². The third-order valence-electron chi connectivity index (χ3n) is 3.31. The van der Waals surface area contributed by atoms with Crippen molar-refractivity contribution in [2.75, 3.05) is 0 Å². The fourth-order valence-electron chi connectivity index (χ4n) is 2.00. The van der Waals surface area contributed by atoms with E-state index in [0.717, 1.165) is 37.3 Å². The molecule has 0 aliphatic rings. The highest BCUT2D eigenvalue weighted by Gasteiger charge is 2.07. The summed E-state index contributed by atoms with van der Waals surface area (Å²) >= 11 is 0. The molecular weight excluding hydrogens is 224 g/mol. The maximum atomic E-state index is 4.63. The maximum absolute atomic E-state index is 4.63. The van der Waals surface area contributed by atoms with Gasteiger partial charge in [0.1, 0.15) is 5.82 Å². The smallest absolute Gasteiger partial charge is 0.108 e. The van der Waals surface area contributed by atoms with Crippen molar-refractivity contribution in [2.45, 2.75) is 52.6 Å². The number of aryl methyl sites for hydroxylation is 1. The lowest BCUT2D eigenvalue weighted by molar-refractivity contribution is 0.472. The van der Waals surface area contributed by atoms with E-state index in [2.05, 4.69) is 47.7 Å². The van der Waals surface area contributed by atoms with Crippen molar-refractivity contribution in [1.29, 1.82) is 0 Å². The average Bonchev–Trinajstić information content (AvgIpc) is 3.00. The Hall–Kier alpha value is -1.58. The van der Waals surface area contributed by atoms with E-state index in [1.54, 1.807) is 0 Å². The van der Waals surface area contributed by atoms with Crippen LogP contribution in [0.4, 0.5) is 0 Å². The second kappa shape index (κ2) is 5.85. The van der Waals surface area contributed by atoms with Crippen LogP contribution in [0.3, 0.4) is 0 Å². The Morgan fingerprint density at radius 3 is 2.83 bits per heavy atom. The molecule has 2 rings (SSSR count). The van der Waals surface area contributed by atoms with Crippen LogP contribution in [-0.4, -0.2) is 19.3 Å². The molecule has 98 valence electrons. The van der Waals surface area contributed by atoms with Gasteiger partial charge in [-0.25, -0.2) is 4.98 Å². The summed E-state index contributed by atoms with van der Waals surface area (Å²) in [5, 5.41) is 4.63. The molecule has 2 heterocycles. The standard InChI is InChI=1S/C14H22N4/c1-4-6-14-15-8-10-17(14)11-13-7-9-18(16-13)12(3)5-2/h7-10,12H,4-6,11H2,1-3H3. The maximum Gasteiger partial charge on any atom is 0.108 e. The van der Waals surface area contributed by atoms with Crippen molar-refractivity contribution in [1.82, 2.24) is 19.3 Å². The van der Waals surface area contributed by atoms with E-state index in [-0.39, 0.29) is 0 Å². The Morgan fingerprint density at radius 1 is 1.28 bits per heavy atom. The fourth-order valence-corrected chi connectivity index (χ4v) is 2.00. The van der Waals surface area contributed by atoms with Gasteiger partial charge in [-0.3, -0.25) is 4.68 Å². The molecule has 4 nitrogen and oxygen atoms in total. The largest absolute Gasteiger partial charge is 0.329 e. The molecule has 1 atom stereocenters. The van der Waals surface area contributed by atoms with Crippen LogP contribution in [-0.2, 0) is 13.0 Å². The van der Waals surface area contributed by atoms with Crippen molar-refractivity contribution in [3.63, 3.8) is 0 Å². The molecule has 0 saturated heterocycles. The normalized spacial score (nSPS) is 12.8. The quantitative estimate of drug-likeness (QED) is 0.785. The van der Waals surface area contributed by atoms with Crippen molar-refractivity contribution < 1.29 is 0 Å². The van der Waals surface area contributed by atoms with Gasteiger partial charge in [0.05, 0.1) is 12.2 Å². The van der Waals surface area contributed by atoms with Gasteiger partial charge in [-0.05, 0) is 25.8 Å². The van der Waals surface area contributed by atoms with Gasteiger partial charge in [-0.1, -0.05) is 13.8 Å². The van der Waals surface area contributed by atoms with E-state index in [4.69, 9.17) is 0 Å². The van der Waals surface area contributed by atoms with Gasteiger partial charge in [0.25, 0.3) is 0 Å². The molecule has 0 radical (unpaired) electrons. The van der Waals surface area contributed by atoms with Gasteiger partial charge < -0.3 is 4.57 Å². The summed E-state index contributed by atoms with van der Waals surface area (Å²) in [6.45, 7) is 7.37. The average molecular weight is 246 g/mol. The van der Waals surface area contributed by atoms with Crippen LogP contribution in [0.2, 0.25) is 0 Å². The molecule has 0 fully saturated rings. The summed E-state index contributed by atoms with van der Waals surface area (Å²) in [6, 6.07) is 2.57. The van der Waals surface area contributed by atoms with Gasteiger partial charge in [-0.2, -0.15) is 5.10 Å². The van der Waals surface area contributed by atoms with Crippen LogP contribution in [0.1, 0.15) is 51.2 Å². The fraction of sp³-hybridized carbons (Fsp3) is 0.571. The summed E-state index contributed by atoms with van der Waals surface area (Å²) in [7, 11) is 0. The Balaban J connectivity index is 2.09. The number of imidazole rings is 1. The first-order chi connectivity index (χ1) is 8.74. The summed E-state index contributed by atoms with van der Waals surface area (Å²) in [4.78, 5) is 4.39. The van der Waals surface area contributed by atoms with Crippen molar-refractivity contribution in [3.05, 3.63) is 36.2 Å². The predicted molar refractivity (Wildman–Crippen MR) is 72.6 cm³/mol. The zero-order valence-electron chi connectivity index (χ0n) is 11.5. The minimum absolute atomic E-state index is 0.469. The first-order valence-corrected chi connectivity index (χ1v) is 6.78.